The van der Waals surface area contributed by atoms with E-state index in [-0.39, 0.29) is 23.7 Å². The molecule has 0 bridgehead atoms. The van der Waals surface area contributed by atoms with Gasteiger partial charge >= 0.3 is 17.9 Å². The van der Waals surface area contributed by atoms with E-state index >= 15 is 0 Å². The van der Waals surface area contributed by atoms with Gasteiger partial charge in [-0.25, -0.2) is 4.79 Å². The number of halogens is 3. The molecule has 35 heavy (non-hydrogen) atoms. The molecular formula is C24H16F3N3O5. The van der Waals surface area contributed by atoms with Crippen molar-refractivity contribution in [3.63, 3.8) is 0 Å². The molecule has 3 amide bonds. The molecule has 0 spiro atoms. The molecule has 1 saturated heterocycles. The molecule has 1 aliphatic rings. The van der Waals surface area contributed by atoms with Crippen LogP contribution in [0.25, 0.3) is 6.08 Å². The van der Waals surface area contributed by atoms with Crippen molar-refractivity contribution in [2.75, 3.05) is 0 Å². The fourth-order valence-electron chi connectivity index (χ4n) is 3.33. The summed E-state index contributed by atoms with van der Waals surface area (Å²) in [6.45, 7) is 0.113. The van der Waals surface area contributed by atoms with Crippen LogP contribution < -0.4 is 10.1 Å². The van der Waals surface area contributed by atoms with Gasteiger partial charge in [0.1, 0.15) is 11.4 Å². The SMILES string of the molecule is O=C1N/C(=C/c2ccc(Oc3ccc(C(F)(F)F)cc3[N+](=O)[O-])cc2)C(=O)N1Cc1ccccc1. The highest BCUT2D eigenvalue weighted by molar-refractivity contribution is 6.13. The number of hydrogen-bond acceptors (Lipinski definition) is 5. The molecular weight excluding hydrogens is 467 g/mol. The van der Waals surface area contributed by atoms with E-state index < -0.39 is 34.3 Å². The summed E-state index contributed by atoms with van der Waals surface area (Å²) in [6, 6.07) is 16.3. The Morgan fingerprint density at radius 3 is 2.31 bits per heavy atom. The van der Waals surface area contributed by atoms with Gasteiger partial charge in [-0.05, 0) is 41.5 Å². The highest BCUT2D eigenvalue weighted by Gasteiger charge is 2.34. The van der Waals surface area contributed by atoms with E-state index in [9.17, 15) is 32.9 Å². The van der Waals surface area contributed by atoms with Crippen LogP contribution in [0.1, 0.15) is 16.7 Å². The molecule has 8 nitrogen and oxygen atoms in total. The Kier molecular flexibility index (Phi) is 6.24. The lowest BCUT2D eigenvalue weighted by Gasteiger charge is -2.11. The molecule has 0 aliphatic carbocycles. The fraction of sp³-hybridized carbons (Fsp3) is 0.0833. The number of imide groups is 1. The van der Waals surface area contributed by atoms with Crippen molar-refractivity contribution >= 4 is 23.7 Å². The first-order chi connectivity index (χ1) is 16.6. The van der Waals surface area contributed by atoms with Crippen LogP contribution >= 0.6 is 0 Å². The van der Waals surface area contributed by atoms with Crippen LogP contribution in [0.3, 0.4) is 0 Å². The summed E-state index contributed by atoms with van der Waals surface area (Å²) in [5.41, 5.74) is -0.620. The molecule has 0 radical (unpaired) electrons. The number of nitrogens with zero attached hydrogens (tertiary/aromatic N) is 2. The highest BCUT2D eigenvalue weighted by Crippen LogP contribution is 2.37. The Balaban J connectivity index is 1.49. The van der Waals surface area contributed by atoms with Gasteiger partial charge in [0.25, 0.3) is 5.91 Å². The molecule has 0 aromatic heterocycles. The van der Waals surface area contributed by atoms with E-state index in [1.54, 1.807) is 24.3 Å². The maximum absolute atomic E-state index is 12.9. The van der Waals surface area contributed by atoms with Gasteiger partial charge in [-0.3, -0.25) is 19.8 Å². The zero-order chi connectivity index (χ0) is 25.2. The van der Waals surface area contributed by atoms with E-state index in [0.717, 1.165) is 16.5 Å². The van der Waals surface area contributed by atoms with Gasteiger partial charge in [-0.2, -0.15) is 13.2 Å². The number of amides is 3. The van der Waals surface area contributed by atoms with Crippen LogP contribution in [0.5, 0.6) is 11.5 Å². The Morgan fingerprint density at radius 1 is 1.00 bits per heavy atom. The number of rotatable bonds is 6. The molecule has 1 heterocycles. The van der Waals surface area contributed by atoms with Crippen LogP contribution in [0, 0.1) is 10.1 Å². The number of nitro groups is 1. The molecule has 178 valence electrons. The van der Waals surface area contributed by atoms with E-state index in [1.807, 2.05) is 6.07 Å². The van der Waals surface area contributed by atoms with Gasteiger partial charge in [-0.15, -0.1) is 0 Å². The molecule has 3 aromatic carbocycles. The summed E-state index contributed by atoms with van der Waals surface area (Å²) in [5, 5.41) is 13.7. The second-order valence-electron chi connectivity index (χ2n) is 7.47. The average molecular weight is 483 g/mol. The number of carbonyl (C=O) groups is 2. The molecule has 0 unspecified atom stereocenters. The van der Waals surface area contributed by atoms with Crippen molar-refractivity contribution in [2.45, 2.75) is 12.7 Å². The number of hydrogen-bond donors (Lipinski definition) is 1. The summed E-state index contributed by atoms with van der Waals surface area (Å²) in [7, 11) is 0. The molecule has 1 aliphatic heterocycles. The normalized spacial score (nSPS) is 14.8. The van der Waals surface area contributed by atoms with Crippen LogP contribution in [0.2, 0.25) is 0 Å². The number of urea groups is 1. The first-order valence-electron chi connectivity index (χ1n) is 10.1. The van der Waals surface area contributed by atoms with Gasteiger partial charge in [0.2, 0.25) is 5.75 Å². The number of benzene rings is 3. The molecule has 1 fully saturated rings. The van der Waals surface area contributed by atoms with Crippen LogP contribution in [-0.4, -0.2) is 21.8 Å². The van der Waals surface area contributed by atoms with Gasteiger partial charge in [-0.1, -0.05) is 42.5 Å². The summed E-state index contributed by atoms with van der Waals surface area (Å²) in [4.78, 5) is 36.2. The predicted octanol–water partition coefficient (Wildman–Crippen LogP) is 5.50. The number of alkyl halides is 3. The topological polar surface area (TPSA) is 102 Å². The smallest absolute Gasteiger partial charge is 0.416 e. The quantitative estimate of drug-likeness (QED) is 0.216. The summed E-state index contributed by atoms with van der Waals surface area (Å²) < 4.78 is 44.0. The van der Waals surface area contributed by atoms with Crippen molar-refractivity contribution < 1.29 is 32.4 Å². The second-order valence-corrected chi connectivity index (χ2v) is 7.47. The number of ether oxygens (including phenoxy) is 1. The van der Waals surface area contributed by atoms with Crippen molar-refractivity contribution in [2.24, 2.45) is 0 Å². The Morgan fingerprint density at radius 2 is 1.69 bits per heavy atom. The third-order valence-electron chi connectivity index (χ3n) is 5.05. The fourth-order valence-corrected chi connectivity index (χ4v) is 3.33. The van der Waals surface area contributed by atoms with Crippen molar-refractivity contribution in [1.82, 2.24) is 10.2 Å². The lowest BCUT2D eigenvalue weighted by atomic mass is 10.1. The van der Waals surface area contributed by atoms with E-state index in [1.165, 1.54) is 30.3 Å². The number of nitro benzene ring substituents is 1. The molecule has 0 saturated carbocycles. The minimum atomic E-state index is -4.73. The number of carbonyl (C=O) groups excluding carboxylic acids is 2. The maximum Gasteiger partial charge on any atom is 0.416 e. The highest BCUT2D eigenvalue weighted by atomic mass is 19.4. The summed E-state index contributed by atoms with van der Waals surface area (Å²) in [5.74, 6) is -0.731. The maximum atomic E-state index is 12.9. The van der Waals surface area contributed by atoms with Gasteiger partial charge in [0.05, 0.1) is 17.0 Å². The Hall–Kier alpha value is -4.67. The minimum Gasteiger partial charge on any atom is -0.450 e. The Labute approximate surface area is 196 Å². The molecule has 4 rings (SSSR count). The van der Waals surface area contributed by atoms with Crippen LogP contribution in [0.4, 0.5) is 23.7 Å². The summed E-state index contributed by atoms with van der Waals surface area (Å²) >= 11 is 0. The average Bonchev–Trinajstić information content (AvgIpc) is 3.07. The zero-order valence-electron chi connectivity index (χ0n) is 17.8. The third-order valence-corrected chi connectivity index (χ3v) is 5.05. The largest absolute Gasteiger partial charge is 0.450 e. The van der Waals surface area contributed by atoms with E-state index in [0.29, 0.717) is 17.7 Å². The first-order valence-corrected chi connectivity index (χ1v) is 10.1. The molecule has 3 aromatic rings. The van der Waals surface area contributed by atoms with Gasteiger partial charge in [0.15, 0.2) is 0 Å². The zero-order valence-corrected chi connectivity index (χ0v) is 17.8. The predicted molar refractivity (Wildman–Crippen MR) is 118 cm³/mol. The summed E-state index contributed by atoms with van der Waals surface area (Å²) in [6.07, 6.45) is -3.28. The van der Waals surface area contributed by atoms with Gasteiger partial charge in [0, 0.05) is 6.07 Å². The van der Waals surface area contributed by atoms with Crippen LogP contribution in [-0.2, 0) is 17.5 Å². The molecule has 1 N–H and O–H groups in total. The third kappa shape index (κ3) is 5.29. The van der Waals surface area contributed by atoms with Crippen LogP contribution in [0.15, 0.2) is 78.5 Å². The standard InChI is InChI=1S/C24H16F3N3O5/c25-24(26,27)17-8-11-21(20(13-17)30(33)34)35-18-9-6-15(7-10-18)12-19-22(31)29(23(32)28-19)14-16-4-2-1-3-5-16/h1-13H,14H2,(H,28,32)/b19-12+. The number of nitrogens with one attached hydrogen (secondary N) is 1. The molecule has 11 heteroatoms. The van der Waals surface area contributed by atoms with E-state index in [4.69, 9.17) is 4.74 Å². The lowest BCUT2D eigenvalue weighted by Crippen LogP contribution is -2.30. The van der Waals surface area contributed by atoms with Gasteiger partial charge < -0.3 is 10.1 Å². The van der Waals surface area contributed by atoms with Crippen molar-refractivity contribution in [1.29, 1.82) is 0 Å². The van der Waals surface area contributed by atoms with Crippen molar-refractivity contribution in [3.05, 3.63) is 105 Å². The van der Waals surface area contributed by atoms with Crippen molar-refractivity contribution in [3.8, 4) is 11.5 Å². The van der Waals surface area contributed by atoms with E-state index in [2.05, 4.69) is 5.32 Å². The Bertz CT molecular complexity index is 1320. The molecule has 0 atom stereocenters. The lowest BCUT2D eigenvalue weighted by molar-refractivity contribution is -0.385. The first kappa shape index (κ1) is 23.5. The monoisotopic (exact) mass is 483 g/mol. The minimum absolute atomic E-state index is 0.0676. The second kappa shape index (κ2) is 9.29.